The molecule has 0 saturated carbocycles. The van der Waals surface area contributed by atoms with Crippen molar-refractivity contribution < 1.29 is 4.42 Å². The lowest BCUT2D eigenvalue weighted by Gasteiger charge is -1.92. The lowest BCUT2D eigenvalue weighted by Crippen LogP contribution is -2.05. The highest BCUT2D eigenvalue weighted by Gasteiger charge is 2.10. The summed E-state index contributed by atoms with van der Waals surface area (Å²) >= 11 is 1.47. The van der Waals surface area contributed by atoms with E-state index < -0.39 is 0 Å². The van der Waals surface area contributed by atoms with Gasteiger partial charge in [-0.05, 0) is 6.07 Å². The maximum atomic E-state index is 5.46. The lowest BCUT2D eigenvalue weighted by molar-refractivity contribution is 0.617. The summed E-state index contributed by atoms with van der Waals surface area (Å²) in [5, 5.41) is 3.71. The van der Waals surface area contributed by atoms with Crippen LogP contribution in [0.15, 0.2) is 40.3 Å². The molecule has 0 aliphatic heterocycles. The first-order valence-electron chi connectivity index (χ1n) is 4.77. The van der Waals surface area contributed by atoms with Crippen LogP contribution in [0.2, 0.25) is 0 Å². The molecule has 16 heavy (non-hydrogen) atoms. The summed E-state index contributed by atoms with van der Waals surface area (Å²) in [6, 6.07) is 7.88. The molecule has 2 aromatic heterocycles. The van der Waals surface area contributed by atoms with Gasteiger partial charge in [-0.1, -0.05) is 18.2 Å². The van der Waals surface area contributed by atoms with Crippen molar-refractivity contribution in [1.82, 2.24) is 4.98 Å². The average Bonchev–Trinajstić information content (AvgIpc) is 2.94. The molecule has 0 unspecified atom stereocenters. The molecule has 0 amide bonds. The van der Waals surface area contributed by atoms with Gasteiger partial charge in [-0.3, -0.25) is 5.43 Å². The van der Waals surface area contributed by atoms with Crippen LogP contribution in [0.4, 0.5) is 5.13 Å². The van der Waals surface area contributed by atoms with Crippen LogP contribution in [-0.4, -0.2) is 4.98 Å². The van der Waals surface area contributed by atoms with Crippen molar-refractivity contribution in [3.63, 3.8) is 0 Å². The van der Waals surface area contributed by atoms with Crippen molar-refractivity contribution in [2.45, 2.75) is 0 Å². The Hall–Kier alpha value is -1.85. The van der Waals surface area contributed by atoms with E-state index in [0.29, 0.717) is 5.13 Å². The number of rotatable bonds is 2. The fourth-order valence-electron chi connectivity index (χ4n) is 1.64. The highest BCUT2D eigenvalue weighted by atomic mass is 32.1. The van der Waals surface area contributed by atoms with Gasteiger partial charge < -0.3 is 4.42 Å². The first kappa shape index (κ1) is 9.38. The van der Waals surface area contributed by atoms with Gasteiger partial charge in [-0.25, -0.2) is 10.8 Å². The third-order valence-corrected chi connectivity index (χ3v) is 3.16. The van der Waals surface area contributed by atoms with Crippen molar-refractivity contribution >= 4 is 27.4 Å². The van der Waals surface area contributed by atoms with Crippen LogP contribution in [0.25, 0.3) is 22.2 Å². The number of hydrogen-bond donors (Lipinski definition) is 2. The molecule has 0 aliphatic rings. The van der Waals surface area contributed by atoms with E-state index in [1.165, 1.54) is 11.3 Å². The predicted octanol–water partition coefficient (Wildman–Crippen LogP) is 2.84. The zero-order chi connectivity index (χ0) is 11.0. The van der Waals surface area contributed by atoms with Crippen LogP contribution < -0.4 is 11.3 Å². The Morgan fingerprint density at radius 1 is 1.31 bits per heavy atom. The highest BCUT2D eigenvalue weighted by molar-refractivity contribution is 7.14. The Bertz CT molecular complexity index is 629. The van der Waals surface area contributed by atoms with E-state index >= 15 is 0 Å². The second-order valence-electron chi connectivity index (χ2n) is 3.33. The zero-order valence-electron chi connectivity index (χ0n) is 8.31. The largest absolute Gasteiger partial charge is 0.464 e. The smallest absolute Gasteiger partial charge is 0.197 e. The molecular weight excluding hydrogens is 222 g/mol. The van der Waals surface area contributed by atoms with Crippen LogP contribution in [0.1, 0.15) is 0 Å². The Kier molecular flexibility index (Phi) is 2.12. The molecule has 0 atom stereocenters. The monoisotopic (exact) mass is 231 g/mol. The summed E-state index contributed by atoms with van der Waals surface area (Å²) < 4.78 is 5.46. The number of fused-ring (bicyclic) bond motifs is 1. The molecule has 3 aromatic rings. The minimum Gasteiger partial charge on any atom is -0.464 e. The van der Waals surface area contributed by atoms with Crippen LogP contribution >= 0.6 is 11.3 Å². The average molecular weight is 231 g/mol. The number of para-hydroxylation sites is 1. The number of thiazole rings is 1. The molecule has 0 bridgehead atoms. The number of aromatic nitrogens is 1. The summed E-state index contributed by atoms with van der Waals surface area (Å²) in [6.07, 6.45) is 1.72. The van der Waals surface area contributed by atoms with Gasteiger partial charge in [0.05, 0.1) is 5.69 Å². The number of nitrogens with two attached hydrogens (primary N) is 1. The van der Waals surface area contributed by atoms with Crippen molar-refractivity contribution in [2.24, 2.45) is 5.84 Å². The summed E-state index contributed by atoms with van der Waals surface area (Å²) in [6.45, 7) is 0. The molecule has 0 aliphatic carbocycles. The standard InChI is InChI=1S/C11H9N3OS/c12-14-11-13-9(6-16-11)8-5-15-10-4-2-1-3-7(8)10/h1-6H,12H2,(H,13,14). The molecule has 80 valence electrons. The van der Waals surface area contributed by atoms with Gasteiger partial charge >= 0.3 is 0 Å². The molecule has 1 aromatic carbocycles. The van der Waals surface area contributed by atoms with E-state index in [0.717, 1.165) is 22.2 Å². The summed E-state index contributed by atoms with van der Waals surface area (Å²) in [5.41, 5.74) is 5.27. The Balaban J connectivity index is 2.18. The maximum Gasteiger partial charge on any atom is 0.197 e. The van der Waals surface area contributed by atoms with Crippen molar-refractivity contribution in [3.05, 3.63) is 35.9 Å². The topological polar surface area (TPSA) is 64.1 Å². The third kappa shape index (κ3) is 1.37. The quantitative estimate of drug-likeness (QED) is 0.526. The van der Waals surface area contributed by atoms with Gasteiger partial charge in [0.2, 0.25) is 0 Å². The number of hydrogen-bond acceptors (Lipinski definition) is 5. The number of benzene rings is 1. The van der Waals surface area contributed by atoms with E-state index in [1.54, 1.807) is 6.26 Å². The molecule has 2 heterocycles. The van der Waals surface area contributed by atoms with E-state index in [1.807, 2.05) is 29.6 Å². The number of anilines is 1. The Morgan fingerprint density at radius 3 is 3.00 bits per heavy atom. The van der Waals surface area contributed by atoms with Crippen LogP contribution in [0.5, 0.6) is 0 Å². The SMILES string of the molecule is NNc1nc(-c2coc3ccccc23)cs1. The zero-order valence-corrected chi connectivity index (χ0v) is 9.12. The third-order valence-electron chi connectivity index (χ3n) is 2.38. The molecule has 0 radical (unpaired) electrons. The molecular formula is C11H9N3OS. The minimum atomic E-state index is 0.695. The Labute approximate surface area is 95.7 Å². The van der Waals surface area contributed by atoms with Gasteiger partial charge in [-0.2, -0.15) is 0 Å². The summed E-state index contributed by atoms with van der Waals surface area (Å²) in [4.78, 5) is 4.34. The van der Waals surface area contributed by atoms with E-state index in [-0.39, 0.29) is 0 Å². The number of nitrogens with one attached hydrogen (secondary N) is 1. The first-order valence-corrected chi connectivity index (χ1v) is 5.65. The van der Waals surface area contributed by atoms with Crippen LogP contribution in [0.3, 0.4) is 0 Å². The van der Waals surface area contributed by atoms with Gasteiger partial charge in [0.15, 0.2) is 5.13 Å². The highest BCUT2D eigenvalue weighted by Crippen LogP contribution is 2.31. The van der Waals surface area contributed by atoms with Gasteiger partial charge in [0, 0.05) is 16.3 Å². The van der Waals surface area contributed by atoms with E-state index in [2.05, 4.69) is 10.4 Å². The van der Waals surface area contributed by atoms with E-state index in [4.69, 9.17) is 10.3 Å². The van der Waals surface area contributed by atoms with Crippen LogP contribution in [-0.2, 0) is 0 Å². The first-order chi connectivity index (χ1) is 7.88. The fraction of sp³-hybridized carbons (Fsp3) is 0. The lowest BCUT2D eigenvalue weighted by atomic mass is 10.1. The van der Waals surface area contributed by atoms with Crippen molar-refractivity contribution in [1.29, 1.82) is 0 Å². The summed E-state index contributed by atoms with van der Waals surface area (Å²) in [7, 11) is 0. The molecule has 0 spiro atoms. The van der Waals surface area contributed by atoms with Gasteiger partial charge in [0.1, 0.15) is 11.8 Å². The second kappa shape index (κ2) is 3.62. The van der Waals surface area contributed by atoms with Gasteiger partial charge in [0.25, 0.3) is 0 Å². The predicted molar refractivity (Wildman–Crippen MR) is 65.1 cm³/mol. The van der Waals surface area contributed by atoms with Crippen molar-refractivity contribution in [3.8, 4) is 11.3 Å². The minimum absolute atomic E-state index is 0.695. The number of nitrogen functional groups attached to an aromatic ring is 1. The van der Waals surface area contributed by atoms with Gasteiger partial charge in [-0.15, -0.1) is 11.3 Å². The van der Waals surface area contributed by atoms with E-state index in [9.17, 15) is 0 Å². The summed E-state index contributed by atoms with van der Waals surface area (Å²) in [5.74, 6) is 5.30. The molecule has 3 N–H and O–H groups in total. The molecule has 4 nitrogen and oxygen atoms in total. The normalized spacial score (nSPS) is 10.8. The number of nitrogens with zero attached hydrogens (tertiary/aromatic N) is 1. The van der Waals surface area contributed by atoms with Crippen LogP contribution in [0, 0.1) is 0 Å². The Morgan fingerprint density at radius 2 is 2.19 bits per heavy atom. The second-order valence-corrected chi connectivity index (χ2v) is 4.19. The number of furan rings is 1. The molecule has 3 rings (SSSR count). The van der Waals surface area contributed by atoms with Crippen molar-refractivity contribution in [2.75, 3.05) is 5.43 Å². The molecule has 0 saturated heterocycles. The molecule has 0 fully saturated rings. The number of hydrazine groups is 1. The fourth-order valence-corrected chi connectivity index (χ4v) is 2.26. The molecule has 5 heteroatoms. The maximum absolute atomic E-state index is 5.46.